The van der Waals surface area contributed by atoms with Gasteiger partial charge in [0.15, 0.2) is 0 Å². The fraction of sp³-hybridized carbons (Fsp3) is 0.161. The predicted octanol–water partition coefficient (Wildman–Crippen LogP) is 6.28. The van der Waals surface area contributed by atoms with Crippen LogP contribution in [0.15, 0.2) is 103 Å². The van der Waals surface area contributed by atoms with Gasteiger partial charge in [-0.2, -0.15) is 0 Å². The highest BCUT2D eigenvalue weighted by Crippen LogP contribution is 2.44. The normalized spacial score (nSPS) is 12.9. The third-order valence-electron chi connectivity index (χ3n) is 6.74. The molecule has 0 aliphatic heterocycles. The highest BCUT2D eigenvalue weighted by atomic mass is 16.5. The van der Waals surface area contributed by atoms with E-state index in [1.807, 2.05) is 91.0 Å². The standard InChI is InChI=1S/C31H27NO4/c33-30(34)29(19-18-22-12-4-5-13-23(22)21-10-2-1-3-11-21)32-31(35)36-20-28-26-16-8-6-14-24(26)25-15-7-9-17-27(25)28/h1-17,28-29H,18-20H2,(H,32,35)(H,33,34)/t29-/m1/s1. The largest absolute Gasteiger partial charge is 0.480 e. The molecule has 5 heteroatoms. The number of hydrogen-bond donors (Lipinski definition) is 2. The van der Waals surface area contributed by atoms with Crippen LogP contribution >= 0.6 is 0 Å². The Bertz CT molecular complexity index is 1340. The van der Waals surface area contributed by atoms with Crippen molar-refractivity contribution < 1.29 is 19.4 Å². The quantitative estimate of drug-likeness (QED) is 0.313. The van der Waals surface area contributed by atoms with Crippen LogP contribution in [0.1, 0.15) is 29.0 Å². The van der Waals surface area contributed by atoms with Crippen molar-refractivity contribution >= 4 is 12.1 Å². The minimum Gasteiger partial charge on any atom is -0.480 e. The molecule has 1 aliphatic carbocycles. The van der Waals surface area contributed by atoms with Crippen molar-refractivity contribution in [3.63, 3.8) is 0 Å². The summed E-state index contributed by atoms with van der Waals surface area (Å²) >= 11 is 0. The van der Waals surface area contributed by atoms with Crippen LogP contribution in [0, 0.1) is 0 Å². The molecular weight excluding hydrogens is 450 g/mol. The van der Waals surface area contributed by atoms with Crippen LogP contribution in [-0.2, 0) is 16.0 Å². The zero-order valence-corrected chi connectivity index (χ0v) is 19.8. The minimum atomic E-state index is -1.08. The molecule has 0 heterocycles. The molecule has 0 saturated heterocycles. The number of hydrogen-bond acceptors (Lipinski definition) is 3. The number of alkyl carbamates (subject to hydrolysis) is 1. The van der Waals surface area contributed by atoms with Gasteiger partial charge in [-0.15, -0.1) is 0 Å². The van der Waals surface area contributed by atoms with Gasteiger partial charge in [0, 0.05) is 5.92 Å². The summed E-state index contributed by atoms with van der Waals surface area (Å²) in [5, 5.41) is 12.3. The first kappa shape index (κ1) is 23.4. The van der Waals surface area contributed by atoms with Crippen LogP contribution < -0.4 is 5.32 Å². The molecular formula is C31H27NO4. The Morgan fingerprint density at radius 1 is 0.750 bits per heavy atom. The average Bonchev–Trinajstić information content (AvgIpc) is 3.24. The molecule has 0 saturated carbocycles. The number of fused-ring (bicyclic) bond motifs is 3. The monoisotopic (exact) mass is 477 g/mol. The van der Waals surface area contributed by atoms with Gasteiger partial charge in [0.05, 0.1) is 0 Å². The Morgan fingerprint density at radius 3 is 1.94 bits per heavy atom. The van der Waals surface area contributed by atoms with Crippen LogP contribution in [0.4, 0.5) is 4.79 Å². The van der Waals surface area contributed by atoms with Gasteiger partial charge in [-0.1, -0.05) is 103 Å². The predicted molar refractivity (Wildman–Crippen MR) is 140 cm³/mol. The summed E-state index contributed by atoms with van der Waals surface area (Å²) in [6.07, 6.45) is 0.0373. The lowest BCUT2D eigenvalue weighted by Crippen LogP contribution is -2.41. The Kier molecular flexibility index (Phi) is 6.80. The lowest BCUT2D eigenvalue weighted by atomic mass is 9.95. The average molecular weight is 478 g/mol. The summed E-state index contributed by atoms with van der Waals surface area (Å²) in [5.74, 6) is -1.16. The summed E-state index contributed by atoms with van der Waals surface area (Å²) in [6.45, 7) is 0.142. The fourth-order valence-electron chi connectivity index (χ4n) is 4.98. The number of carboxylic acid groups (broad SMARTS) is 1. The zero-order chi connectivity index (χ0) is 24.9. The Morgan fingerprint density at radius 2 is 1.31 bits per heavy atom. The first-order valence-corrected chi connectivity index (χ1v) is 12.1. The first-order chi connectivity index (χ1) is 17.6. The number of rotatable bonds is 8. The molecule has 1 atom stereocenters. The number of carbonyl (C=O) groups is 2. The maximum Gasteiger partial charge on any atom is 0.407 e. The van der Waals surface area contributed by atoms with Crippen LogP contribution in [-0.4, -0.2) is 29.8 Å². The molecule has 1 amide bonds. The number of benzene rings is 4. The highest BCUT2D eigenvalue weighted by Gasteiger charge is 2.29. The van der Waals surface area contributed by atoms with Gasteiger partial charge >= 0.3 is 12.1 Å². The number of aryl methyl sites for hydroxylation is 1. The van der Waals surface area contributed by atoms with Crippen LogP contribution in [0.3, 0.4) is 0 Å². The summed E-state index contributed by atoms with van der Waals surface area (Å²) in [4.78, 5) is 24.6. The summed E-state index contributed by atoms with van der Waals surface area (Å²) < 4.78 is 5.55. The topological polar surface area (TPSA) is 75.6 Å². The van der Waals surface area contributed by atoms with Gasteiger partial charge in [0.1, 0.15) is 12.6 Å². The number of carboxylic acids is 1. The van der Waals surface area contributed by atoms with E-state index in [0.717, 1.165) is 38.9 Å². The molecule has 36 heavy (non-hydrogen) atoms. The molecule has 1 aliphatic rings. The molecule has 0 aromatic heterocycles. The molecule has 4 aromatic carbocycles. The Labute approximate surface area is 210 Å². The van der Waals surface area contributed by atoms with Crippen molar-refractivity contribution in [3.05, 3.63) is 120 Å². The lowest BCUT2D eigenvalue weighted by Gasteiger charge is -2.18. The molecule has 5 nitrogen and oxygen atoms in total. The fourth-order valence-corrected chi connectivity index (χ4v) is 4.98. The molecule has 0 spiro atoms. The van der Waals surface area contributed by atoms with E-state index >= 15 is 0 Å². The van der Waals surface area contributed by atoms with Gasteiger partial charge in [-0.05, 0) is 51.8 Å². The SMILES string of the molecule is O=C(N[C@H](CCc1ccccc1-c1ccccc1)C(=O)O)OCC1c2ccccc2-c2ccccc21. The van der Waals surface area contributed by atoms with Gasteiger partial charge in [0.25, 0.3) is 0 Å². The lowest BCUT2D eigenvalue weighted by molar-refractivity contribution is -0.139. The smallest absolute Gasteiger partial charge is 0.407 e. The van der Waals surface area contributed by atoms with E-state index in [2.05, 4.69) is 17.4 Å². The highest BCUT2D eigenvalue weighted by molar-refractivity contribution is 5.81. The van der Waals surface area contributed by atoms with Gasteiger partial charge in [-0.3, -0.25) is 0 Å². The van der Waals surface area contributed by atoms with Gasteiger partial charge in [0.2, 0.25) is 0 Å². The molecule has 0 unspecified atom stereocenters. The molecule has 5 rings (SSSR count). The van der Waals surface area contributed by atoms with Crippen molar-refractivity contribution in [3.8, 4) is 22.3 Å². The number of amides is 1. The van der Waals surface area contributed by atoms with Crippen LogP contribution in [0.5, 0.6) is 0 Å². The first-order valence-electron chi connectivity index (χ1n) is 12.1. The second-order valence-corrected chi connectivity index (χ2v) is 8.92. The van der Waals surface area contributed by atoms with Gasteiger partial charge in [-0.25, -0.2) is 9.59 Å². The van der Waals surface area contributed by atoms with Crippen molar-refractivity contribution in [2.75, 3.05) is 6.61 Å². The number of ether oxygens (including phenoxy) is 1. The van der Waals surface area contributed by atoms with E-state index in [1.54, 1.807) is 0 Å². The maximum absolute atomic E-state index is 12.6. The summed E-state index contributed by atoms with van der Waals surface area (Å²) in [7, 11) is 0. The van der Waals surface area contributed by atoms with Crippen molar-refractivity contribution in [2.24, 2.45) is 0 Å². The number of aliphatic carboxylic acids is 1. The molecule has 0 bridgehead atoms. The number of carbonyl (C=O) groups excluding carboxylic acids is 1. The Balaban J connectivity index is 1.23. The van der Waals surface area contributed by atoms with E-state index in [1.165, 1.54) is 0 Å². The molecule has 180 valence electrons. The number of nitrogens with one attached hydrogen (secondary N) is 1. The maximum atomic E-state index is 12.6. The second-order valence-electron chi connectivity index (χ2n) is 8.92. The van der Waals surface area contributed by atoms with E-state index in [4.69, 9.17) is 4.74 Å². The molecule has 0 fully saturated rings. The van der Waals surface area contributed by atoms with E-state index < -0.39 is 18.1 Å². The molecule has 0 radical (unpaired) electrons. The molecule has 4 aromatic rings. The summed E-state index contributed by atoms with van der Waals surface area (Å²) in [5.41, 5.74) is 7.67. The minimum absolute atomic E-state index is 0.0795. The van der Waals surface area contributed by atoms with Gasteiger partial charge < -0.3 is 15.2 Å². The second kappa shape index (κ2) is 10.5. The van der Waals surface area contributed by atoms with Crippen molar-refractivity contribution in [2.45, 2.75) is 24.8 Å². The zero-order valence-electron chi connectivity index (χ0n) is 19.8. The third-order valence-corrected chi connectivity index (χ3v) is 6.74. The van der Waals surface area contributed by atoms with Crippen LogP contribution in [0.2, 0.25) is 0 Å². The third kappa shape index (κ3) is 4.86. The summed E-state index contributed by atoms with van der Waals surface area (Å²) in [6, 6.07) is 33.0. The van der Waals surface area contributed by atoms with E-state index in [9.17, 15) is 14.7 Å². The molecule has 2 N–H and O–H groups in total. The van der Waals surface area contributed by atoms with Crippen molar-refractivity contribution in [1.82, 2.24) is 5.32 Å². The van der Waals surface area contributed by atoms with E-state index in [0.29, 0.717) is 6.42 Å². The van der Waals surface area contributed by atoms with Crippen LogP contribution in [0.25, 0.3) is 22.3 Å². The van der Waals surface area contributed by atoms with E-state index in [-0.39, 0.29) is 18.9 Å². The Hall–Kier alpha value is -4.38. The van der Waals surface area contributed by atoms with Crippen molar-refractivity contribution in [1.29, 1.82) is 0 Å².